The van der Waals surface area contributed by atoms with Crippen molar-refractivity contribution in [3.05, 3.63) is 0 Å². The van der Waals surface area contributed by atoms with Crippen LogP contribution in [0.15, 0.2) is 0 Å². The van der Waals surface area contributed by atoms with Gasteiger partial charge in [0.05, 0.1) is 0 Å². The molecule has 2 N–H and O–H groups in total. The summed E-state index contributed by atoms with van der Waals surface area (Å²) in [6, 6.07) is 0. The lowest BCUT2D eigenvalue weighted by Crippen LogP contribution is -2.44. The van der Waals surface area contributed by atoms with Gasteiger partial charge in [0.1, 0.15) is 0 Å². The van der Waals surface area contributed by atoms with E-state index >= 15 is 0 Å². The molecule has 0 spiro atoms. The van der Waals surface area contributed by atoms with Crippen molar-refractivity contribution in [1.29, 1.82) is 0 Å². The van der Waals surface area contributed by atoms with Gasteiger partial charge in [0.15, 0.2) is 0 Å². The molecule has 0 fully saturated rings. The molecule has 0 aliphatic heterocycles. The molecule has 0 amide bonds. The molecule has 0 aliphatic carbocycles. The molecular weight excluding hydrogens is 231 g/mol. The molecule has 15 heavy (non-hydrogen) atoms. The first-order valence-corrected chi connectivity index (χ1v) is 5.21. The Bertz CT molecular complexity index is 300. The standard InChI is InChI=1S/C6H11O8P/c1-4(7)14-5(8)6(12-2,13-3)15(9,10)11/h1-3H3,(H2,9,10,11). The molecule has 0 radical (unpaired) electrons. The second-order valence-electron chi connectivity index (χ2n) is 2.42. The molecule has 88 valence electrons. The van der Waals surface area contributed by atoms with E-state index in [0.29, 0.717) is 0 Å². The highest BCUT2D eigenvalue weighted by atomic mass is 31.2. The summed E-state index contributed by atoms with van der Waals surface area (Å²) in [4.78, 5) is 39.4. The zero-order valence-electron chi connectivity index (χ0n) is 8.29. The molecule has 0 atom stereocenters. The van der Waals surface area contributed by atoms with Gasteiger partial charge in [-0.05, 0) is 0 Å². The van der Waals surface area contributed by atoms with Gasteiger partial charge in [-0.25, -0.2) is 4.79 Å². The minimum atomic E-state index is -5.09. The summed E-state index contributed by atoms with van der Waals surface area (Å²) in [5.74, 6) is -2.64. The first kappa shape index (κ1) is 14.2. The Kier molecular flexibility index (Phi) is 4.57. The Morgan fingerprint density at radius 1 is 1.20 bits per heavy atom. The van der Waals surface area contributed by atoms with Crippen LogP contribution in [-0.4, -0.2) is 41.5 Å². The van der Waals surface area contributed by atoms with Crippen molar-refractivity contribution in [2.24, 2.45) is 0 Å². The van der Waals surface area contributed by atoms with E-state index in [1.807, 2.05) is 0 Å². The number of carbonyl (C=O) groups is 2. The Morgan fingerprint density at radius 3 is 1.80 bits per heavy atom. The normalized spacial score (nSPS) is 12.3. The average Bonchev–Trinajstić information content (AvgIpc) is 2.02. The summed E-state index contributed by atoms with van der Waals surface area (Å²) in [6.07, 6.45) is 0. The minimum absolute atomic E-state index is 0.837. The predicted molar refractivity (Wildman–Crippen MR) is 45.6 cm³/mol. The lowest BCUT2D eigenvalue weighted by Gasteiger charge is -2.27. The molecule has 0 heterocycles. The highest BCUT2D eigenvalue weighted by Crippen LogP contribution is 2.52. The Morgan fingerprint density at radius 2 is 1.60 bits per heavy atom. The number of hydrogen-bond acceptors (Lipinski definition) is 6. The van der Waals surface area contributed by atoms with Crippen molar-refractivity contribution >= 4 is 19.5 Å². The molecular formula is C6H11O8P. The van der Waals surface area contributed by atoms with Gasteiger partial charge < -0.3 is 24.0 Å². The van der Waals surface area contributed by atoms with Crippen LogP contribution in [0.2, 0.25) is 0 Å². The fourth-order valence-corrected chi connectivity index (χ4v) is 1.56. The van der Waals surface area contributed by atoms with E-state index < -0.39 is 25.1 Å². The van der Waals surface area contributed by atoms with Crippen LogP contribution in [-0.2, 0) is 28.4 Å². The van der Waals surface area contributed by atoms with E-state index in [1.54, 1.807) is 0 Å². The van der Waals surface area contributed by atoms with E-state index in [-0.39, 0.29) is 0 Å². The summed E-state index contributed by atoms with van der Waals surface area (Å²) in [6.45, 7) is 0.896. The topological polar surface area (TPSA) is 119 Å². The van der Waals surface area contributed by atoms with Gasteiger partial charge >= 0.3 is 25.1 Å². The van der Waals surface area contributed by atoms with Crippen molar-refractivity contribution in [3.8, 4) is 0 Å². The Balaban J connectivity index is 5.21. The summed E-state index contributed by atoms with van der Waals surface area (Å²) in [5, 5.41) is 0. The van der Waals surface area contributed by atoms with Crippen LogP contribution in [0.5, 0.6) is 0 Å². The van der Waals surface area contributed by atoms with Crippen molar-refractivity contribution in [1.82, 2.24) is 0 Å². The molecule has 0 unspecified atom stereocenters. The van der Waals surface area contributed by atoms with Gasteiger partial charge in [-0.2, -0.15) is 0 Å². The number of carbonyl (C=O) groups excluding carboxylic acids is 2. The third-order valence-corrected chi connectivity index (χ3v) is 2.75. The van der Waals surface area contributed by atoms with Gasteiger partial charge in [0.25, 0.3) is 0 Å². The van der Waals surface area contributed by atoms with Gasteiger partial charge in [-0.1, -0.05) is 0 Å². The maximum absolute atomic E-state index is 11.2. The van der Waals surface area contributed by atoms with Gasteiger partial charge in [-0.15, -0.1) is 0 Å². The molecule has 0 saturated carbocycles. The predicted octanol–water partition coefficient (Wildman–Crippen LogP) is -0.800. The fourth-order valence-electron chi connectivity index (χ4n) is 0.802. The van der Waals surface area contributed by atoms with Crippen molar-refractivity contribution < 1.29 is 38.2 Å². The van der Waals surface area contributed by atoms with Crippen LogP contribution in [0.1, 0.15) is 6.92 Å². The molecule has 0 aliphatic rings. The third-order valence-electron chi connectivity index (χ3n) is 1.43. The first-order chi connectivity index (χ1) is 6.71. The number of rotatable bonds is 4. The SMILES string of the molecule is COC(OC)(C(=O)OC(C)=O)P(=O)(O)O. The molecule has 0 bridgehead atoms. The van der Waals surface area contributed by atoms with Crippen LogP contribution in [0.25, 0.3) is 0 Å². The van der Waals surface area contributed by atoms with E-state index in [0.717, 1.165) is 21.1 Å². The lowest BCUT2D eigenvalue weighted by molar-refractivity contribution is -0.203. The molecule has 9 heteroatoms. The van der Waals surface area contributed by atoms with Crippen LogP contribution < -0.4 is 0 Å². The van der Waals surface area contributed by atoms with Crippen molar-refractivity contribution in [2.75, 3.05) is 14.2 Å². The highest BCUT2D eigenvalue weighted by molar-refractivity contribution is 7.54. The molecule has 0 aromatic heterocycles. The largest absolute Gasteiger partial charge is 0.397 e. The van der Waals surface area contributed by atoms with Crippen LogP contribution in [0, 0.1) is 0 Å². The van der Waals surface area contributed by atoms with Crippen molar-refractivity contribution in [2.45, 2.75) is 12.5 Å². The first-order valence-electron chi connectivity index (χ1n) is 3.60. The van der Waals surface area contributed by atoms with Crippen LogP contribution in [0.4, 0.5) is 0 Å². The zero-order chi connectivity index (χ0) is 12.3. The number of ether oxygens (including phenoxy) is 3. The highest BCUT2D eigenvalue weighted by Gasteiger charge is 2.58. The number of methoxy groups -OCH3 is 2. The summed E-state index contributed by atoms with van der Waals surface area (Å²) in [5.41, 5.74) is -2.90. The monoisotopic (exact) mass is 242 g/mol. The Hall–Kier alpha value is -0.790. The van der Waals surface area contributed by atoms with Crippen LogP contribution >= 0.6 is 7.60 Å². The van der Waals surface area contributed by atoms with Gasteiger partial charge in [0.2, 0.25) is 0 Å². The third kappa shape index (κ3) is 2.83. The van der Waals surface area contributed by atoms with Gasteiger partial charge in [-0.3, -0.25) is 9.36 Å². The van der Waals surface area contributed by atoms with Crippen molar-refractivity contribution in [3.63, 3.8) is 0 Å². The quantitative estimate of drug-likeness (QED) is 0.284. The van der Waals surface area contributed by atoms with E-state index in [4.69, 9.17) is 9.79 Å². The van der Waals surface area contributed by atoms with E-state index in [2.05, 4.69) is 14.2 Å². The maximum Gasteiger partial charge on any atom is 0.397 e. The zero-order valence-corrected chi connectivity index (χ0v) is 9.19. The summed E-state index contributed by atoms with van der Waals surface area (Å²) < 4.78 is 23.6. The smallest absolute Gasteiger partial charge is 0.389 e. The fraction of sp³-hybridized carbons (Fsp3) is 0.667. The number of hydrogen-bond donors (Lipinski definition) is 2. The molecule has 0 saturated heterocycles. The molecule has 8 nitrogen and oxygen atoms in total. The number of esters is 2. The minimum Gasteiger partial charge on any atom is -0.389 e. The van der Waals surface area contributed by atoms with E-state index in [1.165, 1.54) is 0 Å². The molecule has 0 rings (SSSR count). The second kappa shape index (κ2) is 4.82. The lowest BCUT2D eigenvalue weighted by atomic mass is 10.6. The average molecular weight is 242 g/mol. The second-order valence-corrected chi connectivity index (χ2v) is 4.09. The summed E-state index contributed by atoms with van der Waals surface area (Å²) in [7, 11) is -3.42. The van der Waals surface area contributed by atoms with Gasteiger partial charge in [0, 0.05) is 21.1 Å². The molecule has 0 aromatic carbocycles. The molecule has 0 aromatic rings. The summed E-state index contributed by atoms with van der Waals surface area (Å²) >= 11 is 0. The van der Waals surface area contributed by atoms with Crippen LogP contribution in [0.3, 0.4) is 0 Å². The Labute approximate surface area is 85.3 Å². The maximum atomic E-state index is 11.2. The van der Waals surface area contributed by atoms with E-state index in [9.17, 15) is 14.2 Å².